The van der Waals surface area contributed by atoms with Crippen LogP contribution in [0.3, 0.4) is 0 Å². The number of aromatic nitrogens is 2. The molecule has 1 amide bonds. The van der Waals surface area contributed by atoms with Gasteiger partial charge in [-0.2, -0.15) is 5.10 Å². The highest BCUT2D eigenvalue weighted by atomic mass is 16.2. The second kappa shape index (κ2) is 4.25. The van der Waals surface area contributed by atoms with E-state index in [1.165, 1.54) is 0 Å². The summed E-state index contributed by atoms with van der Waals surface area (Å²) in [7, 11) is 1.85. The van der Waals surface area contributed by atoms with E-state index in [0.717, 1.165) is 25.3 Å². The van der Waals surface area contributed by atoms with Gasteiger partial charge in [-0.15, -0.1) is 0 Å². The fourth-order valence-corrected chi connectivity index (χ4v) is 1.96. The predicted octanol–water partition coefficient (Wildman–Crippen LogP) is 0.162. The van der Waals surface area contributed by atoms with Crippen molar-refractivity contribution in [1.82, 2.24) is 20.0 Å². The zero-order valence-corrected chi connectivity index (χ0v) is 10.0. The molecule has 0 saturated carbocycles. The van der Waals surface area contributed by atoms with E-state index in [2.05, 4.69) is 17.3 Å². The van der Waals surface area contributed by atoms with Crippen LogP contribution >= 0.6 is 0 Å². The van der Waals surface area contributed by atoms with Crippen LogP contribution in [0.4, 0.5) is 0 Å². The van der Waals surface area contributed by atoms with E-state index in [-0.39, 0.29) is 11.9 Å². The Hall–Kier alpha value is -1.36. The number of rotatable bonds is 1. The molecule has 1 atom stereocenters. The smallest absolute Gasteiger partial charge is 0.274 e. The number of carbonyl (C=O) groups excluding carboxylic acids is 1. The first-order chi connectivity index (χ1) is 7.59. The van der Waals surface area contributed by atoms with Crippen LogP contribution in [0.5, 0.6) is 0 Å². The van der Waals surface area contributed by atoms with Crippen LogP contribution in [0.1, 0.15) is 23.1 Å². The molecule has 1 fully saturated rings. The van der Waals surface area contributed by atoms with Gasteiger partial charge in [0.15, 0.2) is 5.69 Å². The lowest BCUT2D eigenvalue weighted by molar-refractivity contribution is 0.0649. The van der Waals surface area contributed by atoms with Gasteiger partial charge >= 0.3 is 0 Å². The monoisotopic (exact) mass is 222 g/mol. The lowest BCUT2D eigenvalue weighted by atomic mass is 10.2. The van der Waals surface area contributed by atoms with Crippen molar-refractivity contribution in [2.75, 3.05) is 19.6 Å². The molecule has 0 aromatic carbocycles. The Bertz CT molecular complexity index is 379. The molecule has 5 nitrogen and oxygen atoms in total. The molecular weight excluding hydrogens is 204 g/mol. The maximum Gasteiger partial charge on any atom is 0.274 e. The minimum absolute atomic E-state index is 0.0395. The zero-order chi connectivity index (χ0) is 11.7. The Morgan fingerprint density at radius 2 is 2.38 bits per heavy atom. The minimum atomic E-state index is 0.0395. The Morgan fingerprint density at radius 3 is 2.94 bits per heavy atom. The Labute approximate surface area is 95.4 Å². The highest BCUT2D eigenvalue weighted by Gasteiger charge is 2.25. The van der Waals surface area contributed by atoms with Gasteiger partial charge < -0.3 is 10.2 Å². The number of amides is 1. The summed E-state index contributed by atoms with van der Waals surface area (Å²) in [4.78, 5) is 14.1. The summed E-state index contributed by atoms with van der Waals surface area (Å²) in [5.74, 6) is 0.0395. The van der Waals surface area contributed by atoms with Gasteiger partial charge in [-0.1, -0.05) is 0 Å². The van der Waals surface area contributed by atoms with E-state index in [9.17, 15) is 4.79 Å². The number of nitrogens with zero attached hydrogens (tertiary/aromatic N) is 3. The topological polar surface area (TPSA) is 50.2 Å². The molecule has 0 bridgehead atoms. The van der Waals surface area contributed by atoms with E-state index in [4.69, 9.17) is 0 Å². The lowest BCUT2D eigenvalue weighted by Gasteiger charge is -2.33. The van der Waals surface area contributed by atoms with Gasteiger partial charge in [-0.3, -0.25) is 9.48 Å². The van der Waals surface area contributed by atoms with Crippen molar-refractivity contribution in [2.24, 2.45) is 7.05 Å². The zero-order valence-electron chi connectivity index (χ0n) is 10.0. The van der Waals surface area contributed by atoms with Gasteiger partial charge in [-0.05, 0) is 19.9 Å². The Kier molecular flexibility index (Phi) is 2.96. The van der Waals surface area contributed by atoms with Crippen molar-refractivity contribution < 1.29 is 4.79 Å². The first-order valence-corrected chi connectivity index (χ1v) is 5.62. The van der Waals surface area contributed by atoms with Crippen molar-refractivity contribution in [3.05, 3.63) is 17.5 Å². The summed E-state index contributed by atoms with van der Waals surface area (Å²) < 4.78 is 1.74. The molecule has 1 aromatic rings. The first-order valence-electron chi connectivity index (χ1n) is 5.62. The maximum atomic E-state index is 12.2. The Balaban J connectivity index is 2.17. The summed E-state index contributed by atoms with van der Waals surface area (Å²) in [5, 5.41) is 7.49. The third-order valence-corrected chi connectivity index (χ3v) is 3.10. The SMILES string of the molecule is Cc1cc(C(=O)N2CCNC[C@@H]2C)nn1C. The molecule has 2 rings (SSSR count). The van der Waals surface area contributed by atoms with Crippen molar-refractivity contribution in [3.8, 4) is 0 Å². The van der Waals surface area contributed by atoms with Gasteiger partial charge in [0.25, 0.3) is 5.91 Å². The molecule has 0 radical (unpaired) electrons. The molecule has 0 spiro atoms. The molecule has 2 heterocycles. The standard InChI is InChI=1S/C11H18N4O/c1-8-6-10(13-14(8)3)11(16)15-5-4-12-7-9(15)2/h6,9,12H,4-5,7H2,1-3H3/t9-/m0/s1. The van der Waals surface area contributed by atoms with E-state index in [1.54, 1.807) is 4.68 Å². The number of carbonyl (C=O) groups is 1. The molecule has 1 aliphatic rings. The van der Waals surface area contributed by atoms with Crippen molar-refractivity contribution >= 4 is 5.91 Å². The van der Waals surface area contributed by atoms with Crippen molar-refractivity contribution in [3.63, 3.8) is 0 Å². The van der Waals surface area contributed by atoms with Gasteiger partial charge in [0, 0.05) is 38.4 Å². The minimum Gasteiger partial charge on any atom is -0.332 e. The largest absolute Gasteiger partial charge is 0.332 e. The van der Waals surface area contributed by atoms with Gasteiger partial charge in [-0.25, -0.2) is 0 Å². The van der Waals surface area contributed by atoms with Crippen LogP contribution in [0.2, 0.25) is 0 Å². The quantitative estimate of drug-likeness (QED) is 0.736. The summed E-state index contributed by atoms with van der Waals surface area (Å²) in [5.41, 5.74) is 1.56. The van der Waals surface area contributed by atoms with Crippen LogP contribution in [-0.2, 0) is 7.05 Å². The number of hydrogen-bond acceptors (Lipinski definition) is 3. The number of aryl methyl sites for hydroxylation is 2. The fourth-order valence-electron chi connectivity index (χ4n) is 1.96. The van der Waals surface area contributed by atoms with E-state index >= 15 is 0 Å². The van der Waals surface area contributed by atoms with Crippen LogP contribution in [0.15, 0.2) is 6.07 Å². The summed E-state index contributed by atoms with van der Waals surface area (Å²) >= 11 is 0. The molecule has 0 unspecified atom stereocenters. The first kappa shape index (κ1) is 11.1. The van der Waals surface area contributed by atoms with Gasteiger partial charge in [0.2, 0.25) is 0 Å². The molecule has 16 heavy (non-hydrogen) atoms. The van der Waals surface area contributed by atoms with Gasteiger partial charge in [0.05, 0.1) is 0 Å². The molecule has 1 saturated heterocycles. The lowest BCUT2D eigenvalue weighted by Crippen LogP contribution is -2.52. The van der Waals surface area contributed by atoms with Crippen LogP contribution in [-0.4, -0.2) is 46.3 Å². The summed E-state index contributed by atoms with van der Waals surface area (Å²) in [6.45, 7) is 6.49. The fraction of sp³-hybridized carbons (Fsp3) is 0.636. The third-order valence-electron chi connectivity index (χ3n) is 3.10. The van der Waals surface area contributed by atoms with Gasteiger partial charge in [0.1, 0.15) is 0 Å². The van der Waals surface area contributed by atoms with E-state index in [1.807, 2.05) is 24.9 Å². The second-order valence-corrected chi connectivity index (χ2v) is 4.35. The normalized spacial score (nSPS) is 21.2. The summed E-state index contributed by atoms with van der Waals surface area (Å²) in [6, 6.07) is 2.08. The number of hydrogen-bond donors (Lipinski definition) is 1. The third kappa shape index (κ3) is 1.95. The number of piperazine rings is 1. The average Bonchev–Trinajstić information content (AvgIpc) is 2.59. The van der Waals surface area contributed by atoms with Crippen LogP contribution < -0.4 is 5.32 Å². The Morgan fingerprint density at radius 1 is 1.62 bits per heavy atom. The van der Waals surface area contributed by atoms with E-state index in [0.29, 0.717) is 5.69 Å². The molecule has 1 aromatic heterocycles. The average molecular weight is 222 g/mol. The van der Waals surface area contributed by atoms with E-state index < -0.39 is 0 Å². The molecular formula is C11H18N4O. The highest BCUT2D eigenvalue weighted by Crippen LogP contribution is 2.10. The van der Waals surface area contributed by atoms with Crippen LogP contribution in [0.25, 0.3) is 0 Å². The molecule has 5 heteroatoms. The molecule has 1 N–H and O–H groups in total. The molecule has 88 valence electrons. The predicted molar refractivity (Wildman–Crippen MR) is 61.3 cm³/mol. The number of nitrogens with one attached hydrogen (secondary N) is 1. The van der Waals surface area contributed by atoms with Crippen molar-refractivity contribution in [1.29, 1.82) is 0 Å². The molecule has 1 aliphatic heterocycles. The summed E-state index contributed by atoms with van der Waals surface area (Å²) in [6.07, 6.45) is 0. The highest BCUT2D eigenvalue weighted by molar-refractivity contribution is 5.92. The van der Waals surface area contributed by atoms with Crippen LogP contribution in [0, 0.1) is 6.92 Å². The maximum absolute atomic E-state index is 12.2. The van der Waals surface area contributed by atoms with Crippen molar-refractivity contribution in [2.45, 2.75) is 19.9 Å². The second-order valence-electron chi connectivity index (χ2n) is 4.35. The molecule has 0 aliphatic carbocycles.